The molecule has 5 heteroatoms. The lowest BCUT2D eigenvalue weighted by atomic mass is 9.90. The molecule has 114 valence electrons. The molecule has 1 unspecified atom stereocenters. The quantitative estimate of drug-likeness (QED) is 0.892. The zero-order chi connectivity index (χ0) is 15.5. The molecule has 0 aliphatic carbocycles. The van der Waals surface area contributed by atoms with Crippen molar-refractivity contribution in [1.29, 1.82) is 0 Å². The van der Waals surface area contributed by atoms with Gasteiger partial charge < -0.3 is 16.0 Å². The number of nitrogens with zero attached hydrogens (tertiary/aromatic N) is 1. The van der Waals surface area contributed by atoms with Crippen LogP contribution in [-0.2, 0) is 10.3 Å². The van der Waals surface area contributed by atoms with Crippen molar-refractivity contribution < 1.29 is 9.59 Å². The molecule has 2 rings (SSSR count). The fraction of sp³-hybridized carbons (Fsp3) is 0.500. The summed E-state index contributed by atoms with van der Waals surface area (Å²) in [5, 5.41) is 2.87. The molecule has 1 atom stereocenters. The van der Waals surface area contributed by atoms with Crippen LogP contribution in [0.15, 0.2) is 30.3 Å². The smallest absolute Gasteiger partial charge is 0.316 e. The molecule has 1 aromatic rings. The minimum atomic E-state index is -0.639. The number of hydrogen-bond donors (Lipinski definition) is 2. The second-order valence-electron chi connectivity index (χ2n) is 5.94. The molecule has 0 aromatic heterocycles. The van der Waals surface area contributed by atoms with Crippen molar-refractivity contribution in [1.82, 2.24) is 10.2 Å². The first kappa shape index (κ1) is 15.4. The van der Waals surface area contributed by atoms with E-state index in [1.165, 1.54) is 4.90 Å². The topological polar surface area (TPSA) is 75.4 Å². The maximum absolute atomic E-state index is 12.3. The molecule has 1 aliphatic heterocycles. The number of amides is 3. The second kappa shape index (κ2) is 6.16. The Morgan fingerprint density at radius 2 is 1.95 bits per heavy atom. The predicted molar refractivity (Wildman–Crippen MR) is 81.5 cm³/mol. The molecule has 5 nitrogen and oxygen atoms in total. The molecular formula is C16H23N3O2. The Morgan fingerprint density at radius 3 is 2.57 bits per heavy atom. The average molecular weight is 289 g/mol. The number of urea groups is 1. The Labute approximate surface area is 125 Å². The van der Waals surface area contributed by atoms with E-state index in [9.17, 15) is 9.59 Å². The zero-order valence-corrected chi connectivity index (χ0v) is 12.6. The number of nitrogens with one attached hydrogen (secondary N) is 1. The van der Waals surface area contributed by atoms with Crippen molar-refractivity contribution in [2.24, 2.45) is 5.73 Å². The molecule has 1 saturated heterocycles. The molecule has 0 bridgehead atoms. The number of carbonyl (C=O) groups excluding carboxylic acids is 2. The van der Waals surface area contributed by atoms with Gasteiger partial charge in [0.15, 0.2) is 0 Å². The van der Waals surface area contributed by atoms with Gasteiger partial charge in [-0.1, -0.05) is 30.3 Å². The fourth-order valence-corrected chi connectivity index (χ4v) is 2.97. The first-order valence-electron chi connectivity index (χ1n) is 7.36. The van der Waals surface area contributed by atoms with Crippen molar-refractivity contribution in [2.45, 2.75) is 44.7 Å². The number of primary amides is 1. The Morgan fingerprint density at radius 1 is 1.29 bits per heavy atom. The van der Waals surface area contributed by atoms with Gasteiger partial charge >= 0.3 is 6.03 Å². The minimum absolute atomic E-state index is 0.115. The monoisotopic (exact) mass is 289 g/mol. The Bertz CT molecular complexity index is 514. The van der Waals surface area contributed by atoms with E-state index in [1.54, 1.807) is 0 Å². The third-order valence-corrected chi connectivity index (χ3v) is 4.14. The maximum atomic E-state index is 12.3. The van der Waals surface area contributed by atoms with Crippen LogP contribution in [0.3, 0.4) is 0 Å². The summed E-state index contributed by atoms with van der Waals surface area (Å²) in [5.74, 6) is -0.115. The van der Waals surface area contributed by atoms with Gasteiger partial charge in [0.25, 0.3) is 0 Å². The first-order chi connectivity index (χ1) is 9.94. The van der Waals surface area contributed by atoms with Gasteiger partial charge in [0.05, 0.1) is 5.54 Å². The van der Waals surface area contributed by atoms with E-state index in [1.807, 2.05) is 44.2 Å². The summed E-state index contributed by atoms with van der Waals surface area (Å²) < 4.78 is 0. The summed E-state index contributed by atoms with van der Waals surface area (Å²) in [4.78, 5) is 25.8. The van der Waals surface area contributed by atoms with Gasteiger partial charge in [0, 0.05) is 6.54 Å². The van der Waals surface area contributed by atoms with Crippen molar-refractivity contribution >= 4 is 11.9 Å². The molecule has 0 radical (unpaired) electrons. The molecule has 0 spiro atoms. The highest BCUT2D eigenvalue weighted by Gasteiger charge is 2.40. The number of carbonyl (C=O) groups is 2. The molecular weight excluding hydrogens is 266 g/mol. The van der Waals surface area contributed by atoms with E-state index in [0.29, 0.717) is 13.0 Å². The summed E-state index contributed by atoms with van der Waals surface area (Å²) in [6.07, 6.45) is 2.48. The largest absolute Gasteiger partial charge is 0.354 e. The minimum Gasteiger partial charge on any atom is -0.354 e. The average Bonchev–Trinajstić information content (AvgIpc) is 2.65. The van der Waals surface area contributed by atoms with E-state index in [4.69, 9.17) is 5.73 Å². The number of nitrogens with two attached hydrogens (primary N) is 1. The van der Waals surface area contributed by atoms with E-state index in [0.717, 1.165) is 18.4 Å². The van der Waals surface area contributed by atoms with Gasteiger partial charge in [-0.3, -0.25) is 4.79 Å². The summed E-state index contributed by atoms with van der Waals surface area (Å²) in [7, 11) is 0. The van der Waals surface area contributed by atoms with Crippen molar-refractivity contribution in [3.05, 3.63) is 35.9 Å². The summed E-state index contributed by atoms with van der Waals surface area (Å²) in [5.41, 5.74) is 5.93. The number of benzene rings is 1. The van der Waals surface area contributed by atoms with Gasteiger partial charge in [-0.2, -0.15) is 0 Å². The van der Waals surface area contributed by atoms with Crippen LogP contribution >= 0.6 is 0 Å². The SMILES string of the molecule is CC(C)(c1ccccc1)N(C(N)=O)C1CCCCNC1=O. The first-order valence-corrected chi connectivity index (χ1v) is 7.36. The second-order valence-corrected chi connectivity index (χ2v) is 5.94. The lowest BCUT2D eigenvalue weighted by Crippen LogP contribution is -2.58. The van der Waals surface area contributed by atoms with Crippen molar-refractivity contribution in [3.63, 3.8) is 0 Å². The molecule has 1 fully saturated rings. The molecule has 3 amide bonds. The highest BCUT2D eigenvalue weighted by molar-refractivity contribution is 5.87. The number of hydrogen-bond acceptors (Lipinski definition) is 2. The Kier molecular flexibility index (Phi) is 4.50. The lowest BCUT2D eigenvalue weighted by molar-refractivity contribution is -0.126. The highest BCUT2D eigenvalue weighted by Crippen LogP contribution is 2.31. The summed E-state index contributed by atoms with van der Waals surface area (Å²) in [6.45, 7) is 4.50. The van der Waals surface area contributed by atoms with Gasteiger partial charge in [-0.15, -0.1) is 0 Å². The third kappa shape index (κ3) is 3.17. The number of rotatable bonds is 3. The van der Waals surface area contributed by atoms with Gasteiger partial charge in [-0.05, 0) is 38.7 Å². The normalized spacial score (nSPS) is 19.5. The summed E-state index contributed by atoms with van der Waals surface area (Å²) in [6, 6.07) is 8.58. The van der Waals surface area contributed by atoms with Crippen LogP contribution in [0.4, 0.5) is 4.79 Å². The third-order valence-electron chi connectivity index (χ3n) is 4.14. The van der Waals surface area contributed by atoms with Gasteiger partial charge in [-0.25, -0.2) is 4.79 Å². The van der Waals surface area contributed by atoms with Crippen LogP contribution < -0.4 is 11.1 Å². The van der Waals surface area contributed by atoms with Crippen LogP contribution in [-0.4, -0.2) is 29.4 Å². The zero-order valence-electron chi connectivity index (χ0n) is 12.6. The molecule has 21 heavy (non-hydrogen) atoms. The van der Waals surface area contributed by atoms with E-state index < -0.39 is 17.6 Å². The fourth-order valence-electron chi connectivity index (χ4n) is 2.97. The van der Waals surface area contributed by atoms with Crippen LogP contribution in [0.2, 0.25) is 0 Å². The molecule has 1 heterocycles. The Balaban J connectivity index is 2.38. The molecule has 1 aliphatic rings. The molecule has 3 N–H and O–H groups in total. The van der Waals surface area contributed by atoms with E-state index in [-0.39, 0.29) is 5.91 Å². The van der Waals surface area contributed by atoms with Crippen LogP contribution in [0, 0.1) is 0 Å². The van der Waals surface area contributed by atoms with Crippen molar-refractivity contribution in [2.75, 3.05) is 6.54 Å². The van der Waals surface area contributed by atoms with Crippen molar-refractivity contribution in [3.8, 4) is 0 Å². The van der Waals surface area contributed by atoms with Crippen LogP contribution in [0.5, 0.6) is 0 Å². The highest BCUT2D eigenvalue weighted by atomic mass is 16.2. The van der Waals surface area contributed by atoms with Crippen LogP contribution in [0.25, 0.3) is 0 Å². The van der Waals surface area contributed by atoms with E-state index >= 15 is 0 Å². The van der Waals surface area contributed by atoms with Crippen LogP contribution in [0.1, 0.15) is 38.7 Å². The lowest BCUT2D eigenvalue weighted by Gasteiger charge is -2.42. The Hall–Kier alpha value is -2.04. The predicted octanol–water partition coefficient (Wildman–Crippen LogP) is 1.97. The molecule has 0 saturated carbocycles. The maximum Gasteiger partial charge on any atom is 0.316 e. The van der Waals surface area contributed by atoms with Gasteiger partial charge in [0.2, 0.25) is 5.91 Å². The summed E-state index contributed by atoms with van der Waals surface area (Å²) >= 11 is 0. The van der Waals surface area contributed by atoms with E-state index in [2.05, 4.69) is 5.32 Å². The van der Waals surface area contributed by atoms with Gasteiger partial charge in [0.1, 0.15) is 6.04 Å². The standard InChI is InChI=1S/C16H23N3O2/c1-16(2,12-8-4-3-5-9-12)19(15(17)21)13-10-6-7-11-18-14(13)20/h3-5,8-9,13H,6-7,10-11H2,1-2H3,(H2,17,21)(H,18,20). The molecule has 1 aromatic carbocycles.